The summed E-state index contributed by atoms with van der Waals surface area (Å²) in [4.78, 5) is 0.272. The first kappa shape index (κ1) is 18.1. The summed E-state index contributed by atoms with van der Waals surface area (Å²) < 4.78 is 30.3. The minimum Gasteiger partial charge on any atom is -0.266 e. The van der Waals surface area contributed by atoms with Gasteiger partial charge in [-0.25, -0.2) is 13.1 Å². The van der Waals surface area contributed by atoms with Gasteiger partial charge in [0.25, 0.3) is 10.0 Å². The lowest BCUT2D eigenvalue weighted by atomic mass is 10.0. The SMILES string of the molecule is Cc1nn(-c2ccc(Cl)cc2)c(C)c1S(=O)(=O)N1CCCc2ccccc21. The van der Waals surface area contributed by atoms with Crippen LogP contribution in [0.15, 0.2) is 53.4 Å². The summed E-state index contributed by atoms with van der Waals surface area (Å²) in [6.45, 7) is 4.00. The average Bonchev–Trinajstić information content (AvgIpc) is 2.96. The first-order valence-corrected chi connectivity index (χ1v) is 10.6. The van der Waals surface area contributed by atoms with Gasteiger partial charge in [-0.2, -0.15) is 5.10 Å². The number of aryl methyl sites for hydroxylation is 2. The van der Waals surface area contributed by atoms with Crippen molar-refractivity contribution in [2.75, 3.05) is 10.8 Å². The van der Waals surface area contributed by atoms with E-state index >= 15 is 0 Å². The van der Waals surface area contributed by atoms with E-state index in [9.17, 15) is 8.42 Å². The van der Waals surface area contributed by atoms with Crippen LogP contribution in [0.1, 0.15) is 23.4 Å². The normalized spacial score (nSPS) is 14.3. The van der Waals surface area contributed by atoms with Crippen LogP contribution in [0.2, 0.25) is 5.02 Å². The predicted octanol–water partition coefficient (Wildman–Crippen LogP) is 4.28. The van der Waals surface area contributed by atoms with E-state index in [0.717, 1.165) is 29.8 Å². The van der Waals surface area contributed by atoms with Crippen molar-refractivity contribution in [3.63, 3.8) is 0 Å². The topological polar surface area (TPSA) is 55.2 Å². The van der Waals surface area contributed by atoms with Crippen molar-refractivity contribution in [1.29, 1.82) is 0 Å². The number of hydrogen-bond acceptors (Lipinski definition) is 3. The first-order chi connectivity index (χ1) is 12.9. The molecule has 0 unspecified atom stereocenters. The molecule has 0 fully saturated rings. The summed E-state index contributed by atoms with van der Waals surface area (Å²) in [5, 5.41) is 5.12. The highest BCUT2D eigenvalue weighted by molar-refractivity contribution is 7.93. The van der Waals surface area contributed by atoms with Crippen molar-refractivity contribution in [1.82, 2.24) is 9.78 Å². The number of anilines is 1. The lowest BCUT2D eigenvalue weighted by Gasteiger charge is -2.30. The molecule has 0 radical (unpaired) electrons. The summed E-state index contributed by atoms with van der Waals surface area (Å²) >= 11 is 5.97. The van der Waals surface area contributed by atoms with Gasteiger partial charge in [0, 0.05) is 11.6 Å². The molecule has 1 aromatic heterocycles. The summed E-state index contributed by atoms with van der Waals surface area (Å²) in [5.41, 5.74) is 3.69. The zero-order valence-corrected chi connectivity index (χ0v) is 16.8. The Hall–Kier alpha value is -2.31. The minimum absolute atomic E-state index is 0.272. The van der Waals surface area contributed by atoms with Crippen LogP contribution in [0, 0.1) is 13.8 Å². The zero-order chi connectivity index (χ0) is 19.2. The third-order valence-corrected chi connectivity index (χ3v) is 7.23. The lowest BCUT2D eigenvalue weighted by molar-refractivity contribution is 0.585. The van der Waals surface area contributed by atoms with Crippen LogP contribution in [0.4, 0.5) is 5.69 Å². The molecule has 2 aromatic carbocycles. The van der Waals surface area contributed by atoms with E-state index in [1.807, 2.05) is 36.4 Å². The second-order valence-electron chi connectivity index (χ2n) is 6.70. The Morgan fingerprint density at radius 1 is 1.04 bits per heavy atom. The maximum atomic E-state index is 13.5. The number of aromatic nitrogens is 2. The molecule has 4 rings (SSSR count). The molecule has 0 atom stereocenters. The molecule has 7 heteroatoms. The molecule has 3 aromatic rings. The fourth-order valence-corrected chi connectivity index (χ4v) is 5.72. The Balaban J connectivity index is 1.83. The van der Waals surface area contributed by atoms with Crippen molar-refractivity contribution in [3.8, 4) is 5.69 Å². The molecule has 140 valence electrons. The zero-order valence-electron chi connectivity index (χ0n) is 15.2. The summed E-state index contributed by atoms with van der Waals surface area (Å²) in [6, 6.07) is 14.9. The van der Waals surface area contributed by atoms with Crippen molar-refractivity contribution in [2.45, 2.75) is 31.6 Å². The van der Waals surface area contributed by atoms with Gasteiger partial charge >= 0.3 is 0 Å². The van der Waals surface area contributed by atoms with Gasteiger partial charge in [-0.05, 0) is 62.6 Å². The molecule has 5 nitrogen and oxygen atoms in total. The van der Waals surface area contributed by atoms with E-state index in [2.05, 4.69) is 5.10 Å². The Labute approximate surface area is 164 Å². The van der Waals surface area contributed by atoms with Crippen molar-refractivity contribution in [3.05, 3.63) is 70.5 Å². The summed E-state index contributed by atoms with van der Waals surface area (Å²) in [5.74, 6) is 0. The van der Waals surface area contributed by atoms with Gasteiger partial charge in [-0.1, -0.05) is 29.8 Å². The molecular formula is C20H20ClN3O2S. The molecule has 0 N–H and O–H groups in total. The largest absolute Gasteiger partial charge is 0.268 e. The number of sulfonamides is 1. The van der Waals surface area contributed by atoms with Crippen LogP contribution < -0.4 is 4.31 Å². The number of para-hydroxylation sites is 1. The molecular weight excluding hydrogens is 382 g/mol. The van der Waals surface area contributed by atoms with E-state index in [0.29, 0.717) is 23.0 Å². The molecule has 27 heavy (non-hydrogen) atoms. The molecule has 0 bridgehead atoms. The van der Waals surface area contributed by atoms with Gasteiger partial charge in [0.05, 0.1) is 22.8 Å². The minimum atomic E-state index is -3.71. The second-order valence-corrected chi connectivity index (χ2v) is 8.93. The van der Waals surface area contributed by atoms with Gasteiger partial charge in [0.2, 0.25) is 0 Å². The fourth-order valence-electron chi connectivity index (χ4n) is 3.69. The van der Waals surface area contributed by atoms with Crippen molar-refractivity contribution >= 4 is 27.3 Å². The van der Waals surface area contributed by atoms with Crippen molar-refractivity contribution in [2.24, 2.45) is 0 Å². The molecule has 0 aliphatic carbocycles. The molecule has 0 saturated heterocycles. The number of benzene rings is 2. The van der Waals surface area contributed by atoms with Crippen LogP contribution in [0.3, 0.4) is 0 Å². The molecule has 1 aliphatic rings. The summed E-state index contributed by atoms with van der Waals surface area (Å²) in [6.07, 6.45) is 1.70. The summed E-state index contributed by atoms with van der Waals surface area (Å²) in [7, 11) is -3.71. The van der Waals surface area contributed by atoms with Crippen LogP contribution >= 0.6 is 11.6 Å². The first-order valence-electron chi connectivity index (χ1n) is 8.82. The van der Waals surface area contributed by atoms with Crippen LogP contribution in [-0.4, -0.2) is 24.7 Å². The van der Waals surface area contributed by atoms with Gasteiger partial charge in [0.15, 0.2) is 0 Å². The van der Waals surface area contributed by atoms with E-state index in [-0.39, 0.29) is 4.90 Å². The predicted molar refractivity (Wildman–Crippen MR) is 107 cm³/mol. The third-order valence-electron chi connectivity index (χ3n) is 4.91. The number of fused-ring (bicyclic) bond motifs is 1. The Bertz CT molecular complexity index is 1100. The highest BCUT2D eigenvalue weighted by atomic mass is 35.5. The second kappa shape index (κ2) is 6.69. The Kier molecular flexibility index (Phi) is 4.48. The fraction of sp³-hybridized carbons (Fsp3) is 0.250. The van der Waals surface area contributed by atoms with E-state index in [4.69, 9.17) is 11.6 Å². The molecule has 2 heterocycles. The van der Waals surface area contributed by atoms with Crippen molar-refractivity contribution < 1.29 is 8.42 Å². The van der Waals surface area contributed by atoms with Crippen LogP contribution in [-0.2, 0) is 16.4 Å². The smallest absolute Gasteiger partial charge is 0.266 e. The number of halogens is 1. The third kappa shape index (κ3) is 3.03. The highest BCUT2D eigenvalue weighted by Crippen LogP contribution is 2.34. The Morgan fingerprint density at radius 3 is 2.48 bits per heavy atom. The Morgan fingerprint density at radius 2 is 1.74 bits per heavy atom. The molecule has 0 spiro atoms. The monoisotopic (exact) mass is 401 g/mol. The number of nitrogens with zero attached hydrogens (tertiary/aromatic N) is 3. The van der Waals surface area contributed by atoms with Gasteiger partial charge in [0.1, 0.15) is 4.90 Å². The van der Waals surface area contributed by atoms with Crippen LogP contribution in [0.25, 0.3) is 5.69 Å². The maximum absolute atomic E-state index is 13.5. The molecule has 1 aliphatic heterocycles. The number of hydrogen-bond donors (Lipinski definition) is 0. The lowest BCUT2D eigenvalue weighted by Crippen LogP contribution is -2.36. The average molecular weight is 402 g/mol. The maximum Gasteiger partial charge on any atom is 0.268 e. The number of rotatable bonds is 3. The van der Waals surface area contributed by atoms with Gasteiger partial charge in [-0.15, -0.1) is 0 Å². The standard InChI is InChI=1S/C20H20ClN3O2S/c1-14-20(15(2)24(22-14)18-11-9-17(21)10-12-18)27(25,26)23-13-5-7-16-6-3-4-8-19(16)23/h3-4,6,8-12H,5,7,13H2,1-2H3. The van der Waals surface area contributed by atoms with Crippen LogP contribution in [0.5, 0.6) is 0 Å². The molecule has 0 saturated carbocycles. The molecule has 0 amide bonds. The van der Waals surface area contributed by atoms with Gasteiger partial charge in [-0.3, -0.25) is 4.31 Å². The van der Waals surface area contributed by atoms with E-state index in [1.165, 1.54) is 4.31 Å². The van der Waals surface area contributed by atoms with Gasteiger partial charge < -0.3 is 0 Å². The van der Waals surface area contributed by atoms with E-state index in [1.54, 1.807) is 30.7 Å². The highest BCUT2D eigenvalue weighted by Gasteiger charge is 2.33. The quantitative estimate of drug-likeness (QED) is 0.658. The van der Waals surface area contributed by atoms with E-state index < -0.39 is 10.0 Å².